The summed E-state index contributed by atoms with van der Waals surface area (Å²) in [7, 11) is 0. The number of nitrogens with zero attached hydrogens (tertiary/aromatic N) is 6. The largest absolute Gasteiger partial charge is 0.361 e. The Hall–Kier alpha value is -2.65. The predicted molar refractivity (Wildman–Crippen MR) is 105 cm³/mol. The molecule has 3 saturated carbocycles. The van der Waals surface area contributed by atoms with Crippen LogP contribution in [0.15, 0.2) is 11.1 Å². The number of carbonyl (C=O) groups is 1. The maximum Gasteiger partial charge on any atom is 0.361 e. The summed E-state index contributed by atoms with van der Waals surface area (Å²) in [6.45, 7) is 3.44. The Labute approximate surface area is 173 Å². The van der Waals surface area contributed by atoms with Gasteiger partial charge in [-0.05, 0) is 38.5 Å². The van der Waals surface area contributed by atoms with Gasteiger partial charge in [-0.2, -0.15) is 10.1 Å². The predicted octanol–water partition coefficient (Wildman–Crippen LogP) is 1.20. The third-order valence-electron chi connectivity index (χ3n) is 8.11. The summed E-state index contributed by atoms with van der Waals surface area (Å²) < 4.78 is 1.81. The van der Waals surface area contributed by atoms with E-state index in [1.165, 1.54) is 12.8 Å². The first-order chi connectivity index (χ1) is 14.5. The van der Waals surface area contributed by atoms with E-state index in [4.69, 9.17) is 4.98 Å². The maximum absolute atomic E-state index is 12.8. The fourth-order valence-corrected chi connectivity index (χ4v) is 6.30. The SMILES string of the molecule is O=C(N1CC2(CC(c3n[nH]c(C4CC4)n3)C2)C1)N1CC2(CC(n3cnc(=O)[nH]3)C2)C1. The molecule has 2 aliphatic heterocycles. The zero-order valence-electron chi connectivity index (χ0n) is 16.9. The van der Waals surface area contributed by atoms with Gasteiger partial charge >= 0.3 is 11.7 Å². The lowest BCUT2D eigenvalue weighted by atomic mass is 9.57. The van der Waals surface area contributed by atoms with E-state index in [0.717, 1.165) is 63.5 Å². The van der Waals surface area contributed by atoms with E-state index in [0.29, 0.717) is 23.3 Å². The number of nitrogens with one attached hydrogen (secondary N) is 2. The summed E-state index contributed by atoms with van der Waals surface area (Å²) in [6.07, 6.45) is 8.28. The molecule has 10 nitrogen and oxygen atoms in total. The van der Waals surface area contributed by atoms with Gasteiger partial charge in [-0.15, -0.1) is 0 Å². The molecule has 2 aromatic heterocycles. The summed E-state index contributed by atoms with van der Waals surface area (Å²) >= 11 is 0. The quantitative estimate of drug-likeness (QED) is 0.789. The number of hydrogen-bond donors (Lipinski definition) is 2. The topological polar surface area (TPSA) is 116 Å². The third-order valence-corrected chi connectivity index (χ3v) is 8.11. The highest BCUT2D eigenvalue weighted by Crippen LogP contribution is 2.57. The molecule has 2 N–H and O–H groups in total. The second-order valence-electron chi connectivity index (χ2n) is 10.6. The van der Waals surface area contributed by atoms with Gasteiger partial charge in [0.25, 0.3) is 0 Å². The van der Waals surface area contributed by atoms with Crippen molar-refractivity contribution in [2.75, 3.05) is 26.2 Å². The van der Waals surface area contributed by atoms with Crippen LogP contribution < -0.4 is 5.69 Å². The minimum Gasteiger partial charge on any atom is -0.323 e. The number of hydrogen-bond acceptors (Lipinski definition) is 5. The average Bonchev–Trinajstić information content (AvgIpc) is 3.17. The molecule has 0 unspecified atom stereocenters. The average molecular weight is 410 g/mol. The fraction of sp³-hybridized carbons (Fsp3) is 0.750. The van der Waals surface area contributed by atoms with Crippen molar-refractivity contribution in [3.8, 4) is 0 Å². The van der Waals surface area contributed by atoms with E-state index in [1.807, 2.05) is 14.5 Å². The lowest BCUT2D eigenvalue weighted by molar-refractivity contribution is -0.0990. The van der Waals surface area contributed by atoms with Crippen LogP contribution in [0.3, 0.4) is 0 Å². The molecule has 3 aliphatic carbocycles. The van der Waals surface area contributed by atoms with Crippen LogP contribution >= 0.6 is 0 Å². The van der Waals surface area contributed by atoms with Crippen LogP contribution in [0.2, 0.25) is 0 Å². The van der Waals surface area contributed by atoms with Gasteiger partial charge in [-0.1, -0.05) is 0 Å². The number of rotatable bonds is 3. The van der Waals surface area contributed by atoms with Gasteiger partial charge < -0.3 is 9.80 Å². The van der Waals surface area contributed by atoms with Crippen LogP contribution in [0.25, 0.3) is 0 Å². The molecule has 10 heteroatoms. The summed E-state index contributed by atoms with van der Waals surface area (Å²) in [5, 5.41) is 10.3. The standard InChI is InChI=1S/C20H26N8O2/c29-17-21-11-28(25-17)14-5-20(6-14)9-27(10-20)18(30)26-7-19(8-26)3-13(4-19)16-22-15(23-24-16)12-1-2-12/h11-14H,1-10H2,(H,25,29)(H,22,23,24). The minimum absolute atomic E-state index is 0.197. The van der Waals surface area contributed by atoms with Crippen LogP contribution in [0.5, 0.6) is 0 Å². The molecule has 2 saturated heterocycles. The zero-order chi connectivity index (χ0) is 20.1. The van der Waals surface area contributed by atoms with Crippen molar-refractivity contribution in [3.05, 3.63) is 28.5 Å². The van der Waals surface area contributed by atoms with Gasteiger partial charge in [-0.25, -0.2) is 19.7 Å². The summed E-state index contributed by atoms with van der Waals surface area (Å²) in [6, 6.07) is 0.510. The first-order valence-electron chi connectivity index (χ1n) is 11.1. The van der Waals surface area contributed by atoms with E-state index < -0.39 is 0 Å². The number of H-pyrrole nitrogens is 2. The van der Waals surface area contributed by atoms with E-state index >= 15 is 0 Å². The van der Waals surface area contributed by atoms with E-state index in [2.05, 4.69) is 20.3 Å². The van der Waals surface area contributed by atoms with Crippen LogP contribution in [0.1, 0.15) is 68.1 Å². The number of carbonyl (C=O) groups excluding carboxylic acids is 1. The van der Waals surface area contributed by atoms with Gasteiger partial charge in [0.15, 0.2) is 5.82 Å². The van der Waals surface area contributed by atoms with Gasteiger partial charge in [0.05, 0.1) is 6.04 Å². The molecule has 0 aromatic carbocycles. The Kier molecular flexibility index (Phi) is 3.15. The van der Waals surface area contributed by atoms with Crippen molar-refractivity contribution in [2.45, 2.75) is 56.4 Å². The Bertz CT molecular complexity index is 1050. The maximum atomic E-state index is 12.8. The summed E-state index contributed by atoms with van der Waals surface area (Å²) in [5.41, 5.74) is 0.256. The second-order valence-corrected chi connectivity index (χ2v) is 10.6. The number of amides is 2. The van der Waals surface area contributed by atoms with Gasteiger partial charge in [0, 0.05) is 48.8 Å². The van der Waals surface area contributed by atoms with Crippen molar-refractivity contribution in [1.29, 1.82) is 0 Å². The van der Waals surface area contributed by atoms with E-state index in [1.54, 1.807) is 6.33 Å². The molecule has 0 bridgehead atoms. The third kappa shape index (κ3) is 2.45. The minimum atomic E-state index is -0.294. The van der Waals surface area contributed by atoms with Gasteiger partial charge in [-0.3, -0.25) is 9.78 Å². The first kappa shape index (κ1) is 17.1. The Morgan fingerprint density at radius 1 is 1.00 bits per heavy atom. The lowest BCUT2D eigenvalue weighted by Gasteiger charge is -2.63. The normalized spacial score (nSPS) is 26.9. The molecule has 30 heavy (non-hydrogen) atoms. The monoisotopic (exact) mass is 410 g/mol. The molecule has 0 atom stereocenters. The smallest absolute Gasteiger partial charge is 0.323 e. The zero-order valence-corrected chi connectivity index (χ0v) is 16.9. The lowest BCUT2D eigenvalue weighted by Crippen LogP contribution is -2.70. The molecule has 5 aliphatic rings. The second kappa shape index (κ2) is 5.53. The van der Waals surface area contributed by atoms with Gasteiger partial charge in [0.1, 0.15) is 12.2 Å². The molecule has 7 rings (SSSR count). The molecular weight excluding hydrogens is 384 g/mol. The molecule has 4 heterocycles. The molecule has 0 radical (unpaired) electrons. The Balaban J connectivity index is 0.885. The number of aromatic nitrogens is 6. The van der Waals surface area contributed by atoms with Crippen molar-refractivity contribution < 1.29 is 4.79 Å². The molecular formula is C20H26N8O2. The highest BCUT2D eigenvalue weighted by molar-refractivity contribution is 5.77. The fourth-order valence-electron chi connectivity index (χ4n) is 6.30. The van der Waals surface area contributed by atoms with Crippen molar-refractivity contribution in [3.63, 3.8) is 0 Å². The van der Waals surface area contributed by atoms with Crippen LogP contribution in [0.4, 0.5) is 4.79 Å². The van der Waals surface area contributed by atoms with Crippen LogP contribution in [-0.2, 0) is 0 Å². The number of urea groups is 1. The van der Waals surface area contributed by atoms with Crippen LogP contribution in [-0.4, -0.2) is 72.0 Å². The summed E-state index contributed by atoms with van der Waals surface area (Å²) in [4.78, 5) is 36.4. The highest BCUT2D eigenvalue weighted by Gasteiger charge is 2.59. The number of aromatic amines is 2. The molecule has 2 spiro atoms. The van der Waals surface area contributed by atoms with Gasteiger partial charge in [0.2, 0.25) is 0 Å². The molecule has 2 amide bonds. The highest BCUT2D eigenvalue weighted by atomic mass is 16.2. The molecule has 2 aromatic rings. The van der Waals surface area contributed by atoms with Crippen molar-refractivity contribution in [1.82, 2.24) is 39.7 Å². The molecule has 5 fully saturated rings. The number of likely N-dealkylation sites (tertiary alicyclic amines) is 2. The van der Waals surface area contributed by atoms with Crippen LogP contribution in [0, 0.1) is 10.8 Å². The van der Waals surface area contributed by atoms with E-state index in [-0.39, 0.29) is 17.1 Å². The Morgan fingerprint density at radius 2 is 1.67 bits per heavy atom. The van der Waals surface area contributed by atoms with Crippen molar-refractivity contribution in [2.24, 2.45) is 10.8 Å². The first-order valence-corrected chi connectivity index (χ1v) is 11.1. The Morgan fingerprint density at radius 3 is 2.27 bits per heavy atom. The summed E-state index contributed by atoms with van der Waals surface area (Å²) in [5.74, 6) is 3.13. The molecule has 158 valence electrons. The van der Waals surface area contributed by atoms with E-state index in [9.17, 15) is 9.59 Å². The van der Waals surface area contributed by atoms with Crippen molar-refractivity contribution >= 4 is 6.03 Å².